The van der Waals surface area contributed by atoms with Crippen LogP contribution in [-0.4, -0.2) is 0 Å². The highest BCUT2D eigenvalue weighted by Gasteiger charge is 2.27. The van der Waals surface area contributed by atoms with Gasteiger partial charge in [0.1, 0.15) is 0 Å². The fraction of sp³-hybridized carbons (Fsp3) is 0.633. The molecule has 3 aromatic rings. The van der Waals surface area contributed by atoms with Gasteiger partial charge in [-0.05, 0) is 244 Å². The number of benzene rings is 3. The lowest BCUT2D eigenvalue weighted by Crippen LogP contribution is -2.21. The molecule has 0 nitrogen and oxygen atoms in total. The highest BCUT2D eigenvalue weighted by atomic mass is 14.3. The summed E-state index contributed by atoms with van der Waals surface area (Å²) in [5.74, 6) is 0.513. The number of rotatable bonds is 9. The molecule has 49 heavy (non-hydrogen) atoms. The largest absolute Gasteiger partial charge is 0.0599 e. The van der Waals surface area contributed by atoms with Gasteiger partial charge in [0.25, 0.3) is 0 Å². The summed E-state index contributed by atoms with van der Waals surface area (Å²) in [6.45, 7) is 50.3. The van der Waals surface area contributed by atoms with Crippen LogP contribution in [0.15, 0.2) is 0 Å². The van der Waals surface area contributed by atoms with Crippen molar-refractivity contribution in [1.29, 1.82) is 0 Å². The maximum Gasteiger partial charge on any atom is -0.0224 e. The molecular formula is C49H76. The highest BCUT2D eigenvalue weighted by Crippen LogP contribution is 2.39. The Bertz CT molecular complexity index is 1410. The summed E-state index contributed by atoms with van der Waals surface area (Å²) in [6.07, 6.45) is 6.76. The summed E-state index contributed by atoms with van der Waals surface area (Å²) < 4.78 is 0. The van der Waals surface area contributed by atoms with E-state index in [1.165, 1.54) is 66.8 Å². The minimum absolute atomic E-state index is 0.270. The van der Waals surface area contributed by atoms with Gasteiger partial charge in [-0.15, -0.1) is 0 Å². The molecule has 0 unspecified atom stereocenters. The normalized spacial score (nSPS) is 12.9. The van der Waals surface area contributed by atoms with Gasteiger partial charge in [0.15, 0.2) is 0 Å². The van der Waals surface area contributed by atoms with Gasteiger partial charge in [0.2, 0.25) is 0 Å². The van der Waals surface area contributed by atoms with Crippen molar-refractivity contribution in [3.8, 4) is 0 Å². The fourth-order valence-electron chi connectivity index (χ4n) is 8.79. The standard InChI is InChI=1S/C49H76/c1-28-34(7)44(25-47(13,14)15)35(8)29(2)41(28)22-40(23-42-30(3)36(9)45(26-48(16,17)18)37(10)31(42)4)24-43-32(5)38(11)46(27-49(19,20)21)39(12)33(43)6/h40H,22-27H2,1-21H3. The molecule has 0 aliphatic heterocycles. The van der Waals surface area contributed by atoms with E-state index in [1.807, 2.05) is 0 Å². The zero-order valence-corrected chi connectivity index (χ0v) is 36.3. The zero-order chi connectivity index (χ0) is 37.7. The third-order valence-electron chi connectivity index (χ3n) is 12.4. The van der Waals surface area contributed by atoms with E-state index < -0.39 is 0 Å². The van der Waals surface area contributed by atoms with Crippen molar-refractivity contribution >= 4 is 0 Å². The molecule has 0 aromatic heterocycles. The van der Waals surface area contributed by atoms with E-state index in [0.29, 0.717) is 5.92 Å². The molecule has 0 heterocycles. The van der Waals surface area contributed by atoms with Gasteiger partial charge in [-0.2, -0.15) is 0 Å². The average Bonchev–Trinajstić information content (AvgIpc) is 2.97. The summed E-state index contributed by atoms with van der Waals surface area (Å²) in [6, 6.07) is 0. The Labute approximate surface area is 305 Å². The first-order valence-electron chi connectivity index (χ1n) is 19.4. The van der Waals surface area contributed by atoms with Gasteiger partial charge in [0, 0.05) is 0 Å². The Kier molecular flexibility index (Phi) is 12.3. The maximum atomic E-state index is 2.42. The summed E-state index contributed by atoms with van der Waals surface area (Å²) in [5, 5.41) is 0. The van der Waals surface area contributed by atoms with Crippen LogP contribution in [0.4, 0.5) is 0 Å². The monoisotopic (exact) mass is 665 g/mol. The third-order valence-corrected chi connectivity index (χ3v) is 12.4. The van der Waals surface area contributed by atoms with E-state index in [9.17, 15) is 0 Å². The van der Waals surface area contributed by atoms with E-state index in [-0.39, 0.29) is 16.2 Å². The van der Waals surface area contributed by atoms with Crippen molar-refractivity contribution in [1.82, 2.24) is 0 Å². The van der Waals surface area contributed by atoms with Gasteiger partial charge in [-0.3, -0.25) is 0 Å². The molecule has 0 N–H and O–H groups in total. The van der Waals surface area contributed by atoms with Gasteiger partial charge in [-0.25, -0.2) is 0 Å². The molecule has 0 atom stereocenters. The van der Waals surface area contributed by atoms with Crippen molar-refractivity contribution in [3.63, 3.8) is 0 Å². The van der Waals surface area contributed by atoms with Gasteiger partial charge < -0.3 is 0 Å². The molecule has 0 aliphatic carbocycles. The smallest absolute Gasteiger partial charge is 0.0224 e. The van der Waals surface area contributed by atoms with Crippen LogP contribution in [0.25, 0.3) is 0 Å². The Morgan fingerprint density at radius 1 is 0.265 bits per heavy atom. The SMILES string of the molecule is Cc1c(C)c(CC(C)(C)C)c(C)c(C)c1CC(Cc1c(C)c(C)c(CC(C)(C)C)c(C)c1C)Cc1c(C)c(C)c(CC(C)(C)C)c(C)c1C. The van der Waals surface area contributed by atoms with Crippen molar-refractivity contribution < 1.29 is 0 Å². The molecule has 3 aromatic carbocycles. The van der Waals surface area contributed by atoms with Gasteiger partial charge >= 0.3 is 0 Å². The summed E-state index contributed by atoms with van der Waals surface area (Å²) in [4.78, 5) is 0. The Balaban J connectivity index is 2.27. The molecular weight excluding hydrogens is 589 g/mol. The first kappa shape index (κ1) is 41.1. The molecule has 0 spiro atoms. The first-order valence-corrected chi connectivity index (χ1v) is 19.4. The minimum Gasteiger partial charge on any atom is -0.0599 e. The molecule has 0 saturated carbocycles. The van der Waals surface area contributed by atoms with Crippen molar-refractivity contribution in [3.05, 3.63) is 100 Å². The molecule has 0 fully saturated rings. The topological polar surface area (TPSA) is 0 Å². The van der Waals surface area contributed by atoms with Crippen LogP contribution in [-0.2, 0) is 38.5 Å². The molecule has 0 saturated heterocycles. The second-order valence-electron chi connectivity index (χ2n) is 20.1. The molecule has 0 radical (unpaired) electrons. The van der Waals surface area contributed by atoms with Crippen LogP contribution in [0.1, 0.15) is 162 Å². The van der Waals surface area contributed by atoms with Crippen LogP contribution in [0.5, 0.6) is 0 Å². The lowest BCUT2D eigenvalue weighted by molar-refractivity contribution is 0.409. The predicted molar refractivity (Wildman–Crippen MR) is 220 cm³/mol. The van der Waals surface area contributed by atoms with Crippen LogP contribution in [0, 0.1) is 105 Å². The van der Waals surface area contributed by atoms with Gasteiger partial charge in [0.05, 0.1) is 0 Å². The van der Waals surface area contributed by atoms with Crippen molar-refractivity contribution in [2.75, 3.05) is 0 Å². The van der Waals surface area contributed by atoms with Crippen LogP contribution < -0.4 is 0 Å². The van der Waals surface area contributed by atoms with Crippen LogP contribution in [0.2, 0.25) is 0 Å². The molecule has 0 bridgehead atoms. The molecule has 272 valence electrons. The Hall–Kier alpha value is -2.34. The number of hydrogen-bond donors (Lipinski definition) is 0. The highest BCUT2D eigenvalue weighted by molar-refractivity contribution is 5.54. The molecule has 0 amide bonds. The van der Waals surface area contributed by atoms with Gasteiger partial charge in [-0.1, -0.05) is 62.3 Å². The third kappa shape index (κ3) is 9.32. The Morgan fingerprint density at radius 3 is 0.551 bits per heavy atom. The number of hydrogen-bond acceptors (Lipinski definition) is 0. The van der Waals surface area contributed by atoms with Crippen molar-refractivity contribution in [2.24, 2.45) is 22.2 Å². The lowest BCUT2D eigenvalue weighted by atomic mass is 9.74. The van der Waals surface area contributed by atoms with E-state index in [4.69, 9.17) is 0 Å². The second kappa shape index (κ2) is 14.7. The Morgan fingerprint density at radius 2 is 0.408 bits per heavy atom. The lowest BCUT2D eigenvalue weighted by Gasteiger charge is -2.31. The second-order valence-corrected chi connectivity index (χ2v) is 20.1. The molecule has 0 aliphatic rings. The average molecular weight is 665 g/mol. The van der Waals surface area contributed by atoms with E-state index in [2.05, 4.69) is 145 Å². The predicted octanol–water partition coefficient (Wildman–Crippen LogP) is 13.8. The first-order chi connectivity index (χ1) is 22.2. The molecule has 0 heteroatoms. The minimum atomic E-state index is 0.270. The van der Waals surface area contributed by atoms with E-state index in [1.54, 1.807) is 33.4 Å². The quantitative estimate of drug-likeness (QED) is 0.214. The van der Waals surface area contributed by atoms with E-state index in [0.717, 1.165) is 38.5 Å². The zero-order valence-electron chi connectivity index (χ0n) is 36.3. The van der Waals surface area contributed by atoms with Crippen LogP contribution in [0.3, 0.4) is 0 Å². The maximum absolute atomic E-state index is 2.42. The van der Waals surface area contributed by atoms with Crippen LogP contribution >= 0.6 is 0 Å². The summed E-state index contributed by atoms with van der Waals surface area (Å²) in [5.41, 5.74) is 28.6. The summed E-state index contributed by atoms with van der Waals surface area (Å²) in [7, 11) is 0. The summed E-state index contributed by atoms with van der Waals surface area (Å²) >= 11 is 0. The van der Waals surface area contributed by atoms with E-state index >= 15 is 0 Å². The van der Waals surface area contributed by atoms with Crippen molar-refractivity contribution in [2.45, 2.75) is 184 Å². The fourth-order valence-corrected chi connectivity index (χ4v) is 8.79. The molecule has 3 rings (SSSR count).